The molecule has 0 unspecified atom stereocenters. The number of rotatable bonds is 4. The highest BCUT2D eigenvalue weighted by atomic mass is 16.2. The second kappa shape index (κ2) is 7.28. The molecule has 0 spiro atoms. The number of carbonyl (C=O) groups excluding carboxylic acids is 1. The third-order valence-electron chi connectivity index (χ3n) is 4.43. The van der Waals surface area contributed by atoms with E-state index in [0.29, 0.717) is 13.1 Å². The van der Waals surface area contributed by atoms with Crippen molar-refractivity contribution in [2.45, 2.75) is 45.6 Å². The van der Waals surface area contributed by atoms with Crippen molar-refractivity contribution >= 4 is 5.91 Å². The van der Waals surface area contributed by atoms with Gasteiger partial charge in [0, 0.05) is 17.5 Å². The summed E-state index contributed by atoms with van der Waals surface area (Å²) in [6.45, 7) is 3.05. The van der Waals surface area contributed by atoms with Gasteiger partial charge in [0.25, 0.3) is 0 Å². The van der Waals surface area contributed by atoms with Crippen LogP contribution >= 0.6 is 0 Å². The van der Waals surface area contributed by atoms with Crippen molar-refractivity contribution in [2.24, 2.45) is 11.1 Å². The molecule has 0 aromatic heterocycles. The molecule has 1 amide bonds. The minimum atomic E-state index is -0.128. The van der Waals surface area contributed by atoms with Crippen LogP contribution in [-0.2, 0) is 11.3 Å². The first kappa shape index (κ1) is 15.6. The Hall–Kier alpha value is -1.79. The molecule has 0 aliphatic heterocycles. The summed E-state index contributed by atoms with van der Waals surface area (Å²) < 4.78 is 0. The van der Waals surface area contributed by atoms with E-state index in [-0.39, 0.29) is 11.3 Å². The highest BCUT2D eigenvalue weighted by Gasteiger charge is 2.38. The molecule has 1 saturated carbocycles. The summed E-state index contributed by atoms with van der Waals surface area (Å²) >= 11 is 0. The zero-order valence-corrected chi connectivity index (χ0v) is 12.7. The lowest BCUT2D eigenvalue weighted by Crippen LogP contribution is -2.38. The molecule has 0 heterocycles. The topological polar surface area (TPSA) is 55.1 Å². The first-order chi connectivity index (χ1) is 10.2. The van der Waals surface area contributed by atoms with Crippen molar-refractivity contribution in [3.8, 4) is 11.8 Å². The fourth-order valence-corrected chi connectivity index (χ4v) is 3.07. The largest absolute Gasteiger partial charge is 0.352 e. The van der Waals surface area contributed by atoms with Crippen LogP contribution in [0, 0.1) is 17.3 Å². The van der Waals surface area contributed by atoms with Crippen molar-refractivity contribution in [2.75, 3.05) is 6.54 Å². The monoisotopic (exact) mass is 284 g/mol. The first-order valence-electron chi connectivity index (χ1n) is 7.76. The fourth-order valence-electron chi connectivity index (χ4n) is 3.07. The van der Waals surface area contributed by atoms with Gasteiger partial charge in [-0.3, -0.25) is 4.79 Å². The van der Waals surface area contributed by atoms with E-state index in [9.17, 15) is 4.79 Å². The molecule has 0 radical (unpaired) electrons. The molecule has 1 aromatic rings. The van der Waals surface area contributed by atoms with Crippen molar-refractivity contribution in [3.05, 3.63) is 35.4 Å². The zero-order chi connectivity index (χ0) is 15.1. The molecule has 3 N–H and O–H groups in total. The Morgan fingerprint density at radius 2 is 2.14 bits per heavy atom. The van der Waals surface area contributed by atoms with Crippen LogP contribution in [0.2, 0.25) is 0 Å². The van der Waals surface area contributed by atoms with Gasteiger partial charge in [0.05, 0.1) is 6.54 Å². The van der Waals surface area contributed by atoms with Crippen molar-refractivity contribution in [3.63, 3.8) is 0 Å². The van der Waals surface area contributed by atoms with Gasteiger partial charge in [0.15, 0.2) is 0 Å². The molecule has 112 valence electrons. The van der Waals surface area contributed by atoms with Crippen LogP contribution in [0.1, 0.15) is 50.2 Å². The summed E-state index contributed by atoms with van der Waals surface area (Å²) in [5.74, 6) is 6.07. The molecule has 3 nitrogen and oxygen atoms in total. The average molecular weight is 284 g/mol. The predicted molar refractivity (Wildman–Crippen MR) is 85.4 cm³/mol. The molecule has 0 saturated heterocycles. The van der Waals surface area contributed by atoms with E-state index in [0.717, 1.165) is 30.4 Å². The smallest absolute Gasteiger partial charge is 0.226 e. The van der Waals surface area contributed by atoms with Crippen LogP contribution in [0.15, 0.2) is 24.3 Å². The van der Waals surface area contributed by atoms with Crippen LogP contribution in [0.25, 0.3) is 0 Å². The van der Waals surface area contributed by atoms with E-state index in [1.54, 1.807) is 0 Å². The number of nitrogens with two attached hydrogens (primary N) is 1. The first-order valence-corrected chi connectivity index (χ1v) is 7.76. The van der Waals surface area contributed by atoms with Gasteiger partial charge >= 0.3 is 0 Å². The van der Waals surface area contributed by atoms with Gasteiger partial charge in [-0.05, 0) is 37.0 Å². The number of amides is 1. The maximum atomic E-state index is 12.5. The Labute approximate surface area is 127 Å². The second-order valence-electron chi connectivity index (χ2n) is 5.73. The van der Waals surface area contributed by atoms with Crippen LogP contribution in [0.5, 0.6) is 0 Å². The summed E-state index contributed by atoms with van der Waals surface area (Å²) in [5, 5.41) is 3.10. The molecular formula is C18H24N2O. The quantitative estimate of drug-likeness (QED) is 0.835. The SMILES string of the molecule is CCC1(C(=O)NCc2cccc(C#CCN)c2)CCCC1. The highest BCUT2D eigenvalue weighted by molar-refractivity contribution is 5.82. The van der Waals surface area contributed by atoms with Crippen LogP contribution < -0.4 is 11.1 Å². The lowest BCUT2D eigenvalue weighted by atomic mass is 9.82. The Kier molecular flexibility index (Phi) is 5.41. The standard InChI is InChI=1S/C18H24N2O/c1-2-18(10-3-4-11-18)17(21)20-14-16-8-5-7-15(13-16)9-6-12-19/h5,7-8,13H,2-4,10-12,14,19H2,1H3,(H,20,21). The van der Waals surface area contributed by atoms with Gasteiger partial charge in [-0.25, -0.2) is 0 Å². The fraction of sp³-hybridized carbons (Fsp3) is 0.500. The van der Waals surface area contributed by atoms with Crippen molar-refractivity contribution in [1.82, 2.24) is 5.32 Å². The van der Waals surface area contributed by atoms with E-state index >= 15 is 0 Å². The Morgan fingerprint density at radius 3 is 2.81 bits per heavy atom. The molecule has 1 aliphatic rings. The molecule has 0 bridgehead atoms. The number of hydrogen-bond donors (Lipinski definition) is 2. The van der Waals surface area contributed by atoms with E-state index in [2.05, 4.69) is 24.1 Å². The van der Waals surface area contributed by atoms with Crippen LogP contribution in [0.3, 0.4) is 0 Å². The number of nitrogens with one attached hydrogen (secondary N) is 1. The zero-order valence-electron chi connectivity index (χ0n) is 12.7. The summed E-state index contributed by atoms with van der Waals surface area (Å²) in [5.41, 5.74) is 7.28. The Bertz CT molecular complexity index is 548. The van der Waals surface area contributed by atoms with Crippen molar-refractivity contribution < 1.29 is 4.79 Å². The molecule has 3 heteroatoms. The lowest BCUT2D eigenvalue weighted by molar-refractivity contribution is -0.131. The van der Waals surface area contributed by atoms with Crippen LogP contribution in [0.4, 0.5) is 0 Å². The summed E-state index contributed by atoms with van der Waals surface area (Å²) in [4.78, 5) is 12.5. The Balaban J connectivity index is 1.98. The molecule has 1 aliphatic carbocycles. The second-order valence-corrected chi connectivity index (χ2v) is 5.73. The maximum absolute atomic E-state index is 12.5. The van der Waals surface area contributed by atoms with E-state index in [1.165, 1.54) is 12.8 Å². The van der Waals surface area contributed by atoms with E-state index in [1.807, 2.05) is 24.3 Å². The van der Waals surface area contributed by atoms with Gasteiger partial charge < -0.3 is 11.1 Å². The number of hydrogen-bond acceptors (Lipinski definition) is 2. The van der Waals surface area contributed by atoms with Gasteiger partial charge in [0.2, 0.25) is 5.91 Å². The normalized spacial score (nSPS) is 16.1. The number of benzene rings is 1. The average Bonchev–Trinajstić information content (AvgIpc) is 3.01. The third kappa shape index (κ3) is 3.86. The van der Waals surface area contributed by atoms with Crippen molar-refractivity contribution in [1.29, 1.82) is 0 Å². The molecule has 1 fully saturated rings. The van der Waals surface area contributed by atoms with Gasteiger partial charge in [-0.2, -0.15) is 0 Å². The molecule has 21 heavy (non-hydrogen) atoms. The minimum Gasteiger partial charge on any atom is -0.352 e. The van der Waals surface area contributed by atoms with Gasteiger partial charge in [0.1, 0.15) is 0 Å². The van der Waals surface area contributed by atoms with Gasteiger partial charge in [-0.15, -0.1) is 0 Å². The molecule has 0 atom stereocenters. The molecular weight excluding hydrogens is 260 g/mol. The molecule has 2 rings (SSSR count). The Morgan fingerprint density at radius 1 is 1.38 bits per heavy atom. The highest BCUT2D eigenvalue weighted by Crippen LogP contribution is 2.41. The predicted octanol–water partition coefficient (Wildman–Crippen LogP) is 2.58. The minimum absolute atomic E-state index is 0.128. The van der Waals surface area contributed by atoms with Gasteiger partial charge in [-0.1, -0.05) is 43.7 Å². The molecule has 1 aromatic carbocycles. The third-order valence-corrected chi connectivity index (χ3v) is 4.43. The summed E-state index contributed by atoms with van der Waals surface area (Å²) in [6.07, 6.45) is 5.33. The van der Waals surface area contributed by atoms with E-state index in [4.69, 9.17) is 5.73 Å². The number of carbonyl (C=O) groups is 1. The maximum Gasteiger partial charge on any atom is 0.226 e. The van der Waals surface area contributed by atoms with Crippen LogP contribution in [-0.4, -0.2) is 12.5 Å². The summed E-state index contributed by atoms with van der Waals surface area (Å²) in [7, 11) is 0. The summed E-state index contributed by atoms with van der Waals surface area (Å²) in [6, 6.07) is 7.95. The lowest BCUT2D eigenvalue weighted by Gasteiger charge is -2.26. The van der Waals surface area contributed by atoms with E-state index < -0.39 is 0 Å².